The van der Waals surface area contributed by atoms with Gasteiger partial charge in [0.2, 0.25) is 0 Å². The molecule has 1 nitrogen and oxygen atoms in total. The van der Waals surface area contributed by atoms with E-state index in [1.165, 1.54) is 29.0 Å². The number of hydrogen-bond donors (Lipinski definition) is 1. The van der Waals surface area contributed by atoms with Gasteiger partial charge in [-0.1, -0.05) is 27.2 Å². The van der Waals surface area contributed by atoms with Gasteiger partial charge in [0.1, 0.15) is 0 Å². The summed E-state index contributed by atoms with van der Waals surface area (Å²) in [5.74, 6) is 2.06. The number of aliphatic hydroxyl groups is 1. The van der Waals surface area contributed by atoms with Crippen LogP contribution in [0, 0.1) is 17.8 Å². The summed E-state index contributed by atoms with van der Waals surface area (Å²) in [5.41, 5.74) is 0. The third-order valence-corrected chi connectivity index (χ3v) is 5.71. The third-order valence-electron chi connectivity index (χ3n) is 4.41. The molecule has 1 aromatic rings. The van der Waals surface area contributed by atoms with Gasteiger partial charge in [-0.05, 0) is 49.1 Å². The second-order valence-electron chi connectivity index (χ2n) is 5.63. The Kier molecular flexibility index (Phi) is 4.26. The Morgan fingerprint density at radius 1 is 1.29 bits per heavy atom. The Hall–Kier alpha value is -0.340. The van der Waals surface area contributed by atoms with E-state index >= 15 is 0 Å². The molecule has 2 heteroatoms. The zero-order valence-corrected chi connectivity index (χ0v) is 12.0. The highest BCUT2D eigenvalue weighted by Gasteiger charge is 2.30. The van der Waals surface area contributed by atoms with Crippen molar-refractivity contribution in [3.8, 4) is 0 Å². The van der Waals surface area contributed by atoms with Gasteiger partial charge >= 0.3 is 0 Å². The van der Waals surface area contributed by atoms with Crippen molar-refractivity contribution in [1.29, 1.82) is 0 Å². The number of aryl methyl sites for hydroxylation is 1. The van der Waals surface area contributed by atoms with Gasteiger partial charge in [-0.2, -0.15) is 0 Å². The Labute approximate surface area is 109 Å². The average molecular weight is 252 g/mol. The van der Waals surface area contributed by atoms with Gasteiger partial charge in [-0.3, -0.25) is 0 Å². The van der Waals surface area contributed by atoms with Gasteiger partial charge in [-0.25, -0.2) is 0 Å². The Morgan fingerprint density at radius 2 is 2.06 bits per heavy atom. The molecule has 1 aliphatic carbocycles. The summed E-state index contributed by atoms with van der Waals surface area (Å²) in [5, 5.41) is 10.5. The van der Waals surface area contributed by atoms with E-state index in [1.54, 1.807) is 11.3 Å². The quantitative estimate of drug-likeness (QED) is 0.844. The van der Waals surface area contributed by atoms with Crippen LogP contribution in [0.5, 0.6) is 0 Å². The largest absolute Gasteiger partial charge is 0.387 e. The fraction of sp³-hybridized carbons (Fsp3) is 0.733. The fourth-order valence-electron chi connectivity index (χ4n) is 2.85. The van der Waals surface area contributed by atoms with Crippen molar-refractivity contribution in [1.82, 2.24) is 0 Å². The molecule has 1 saturated carbocycles. The summed E-state index contributed by atoms with van der Waals surface area (Å²) >= 11 is 1.79. The van der Waals surface area contributed by atoms with Gasteiger partial charge in [0.05, 0.1) is 6.10 Å². The molecule has 96 valence electrons. The molecule has 1 aliphatic rings. The van der Waals surface area contributed by atoms with E-state index in [9.17, 15) is 5.11 Å². The predicted octanol–water partition coefficient (Wildman–Crippen LogP) is 4.42. The maximum atomic E-state index is 10.5. The lowest BCUT2D eigenvalue weighted by molar-refractivity contribution is 0.0585. The Bertz CT molecular complexity index is 358. The van der Waals surface area contributed by atoms with Crippen LogP contribution >= 0.6 is 11.3 Å². The molecule has 0 spiro atoms. The molecule has 0 amide bonds. The van der Waals surface area contributed by atoms with Crippen molar-refractivity contribution in [2.45, 2.75) is 52.6 Å². The van der Waals surface area contributed by atoms with Crippen LogP contribution in [0.15, 0.2) is 12.1 Å². The highest BCUT2D eigenvalue weighted by atomic mass is 32.1. The van der Waals surface area contributed by atoms with E-state index in [1.807, 2.05) is 0 Å². The minimum atomic E-state index is -0.227. The summed E-state index contributed by atoms with van der Waals surface area (Å²) in [6.07, 6.45) is 4.49. The zero-order chi connectivity index (χ0) is 12.4. The molecule has 0 bridgehead atoms. The topological polar surface area (TPSA) is 20.2 Å². The number of aliphatic hydroxyl groups excluding tert-OH is 1. The molecule has 0 aliphatic heterocycles. The van der Waals surface area contributed by atoms with Crippen LogP contribution in [0.3, 0.4) is 0 Å². The molecular weight excluding hydrogens is 228 g/mol. The molecule has 1 heterocycles. The van der Waals surface area contributed by atoms with Crippen LogP contribution < -0.4 is 0 Å². The normalized spacial score (nSPS) is 31.4. The van der Waals surface area contributed by atoms with E-state index in [4.69, 9.17) is 0 Å². The summed E-state index contributed by atoms with van der Waals surface area (Å²) in [4.78, 5) is 2.56. The van der Waals surface area contributed by atoms with E-state index in [2.05, 4.69) is 32.9 Å². The van der Waals surface area contributed by atoms with Crippen molar-refractivity contribution in [2.24, 2.45) is 17.8 Å². The maximum Gasteiger partial charge on any atom is 0.0910 e. The van der Waals surface area contributed by atoms with E-state index < -0.39 is 0 Å². The van der Waals surface area contributed by atoms with Crippen LogP contribution in [-0.2, 0) is 6.42 Å². The van der Waals surface area contributed by atoms with Crippen molar-refractivity contribution in [3.63, 3.8) is 0 Å². The second-order valence-corrected chi connectivity index (χ2v) is 6.83. The van der Waals surface area contributed by atoms with Crippen LogP contribution in [0.2, 0.25) is 0 Å². The van der Waals surface area contributed by atoms with Crippen molar-refractivity contribution in [3.05, 3.63) is 21.9 Å². The molecule has 0 aromatic carbocycles. The van der Waals surface area contributed by atoms with Crippen LogP contribution in [-0.4, -0.2) is 5.11 Å². The Balaban J connectivity index is 2.02. The second kappa shape index (κ2) is 5.53. The van der Waals surface area contributed by atoms with Gasteiger partial charge < -0.3 is 5.11 Å². The van der Waals surface area contributed by atoms with Gasteiger partial charge in [0.25, 0.3) is 0 Å². The monoisotopic (exact) mass is 252 g/mol. The van der Waals surface area contributed by atoms with Crippen LogP contribution in [0.1, 0.15) is 55.9 Å². The minimum absolute atomic E-state index is 0.227. The highest BCUT2D eigenvalue weighted by Crippen LogP contribution is 2.41. The standard InChI is InChI=1S/C15H24OS/c1-4-13-7-8-14(17-13)15(16)12-6-5-10(2)11(3)9-12/h7-8,10-12,15-16H,4-6,9H2,1-3H3. The molecule has 0 saturated heterocycles. The summed E-state index contributed by atoms with van der Waals surface area (Å²) < 4.78 is 0. The highest BCUT2D eigenvalue weighted by molar-refractivity contribution is 7.12. The lowest BCUT2D eigenvalue weighted by Gasteiger charge is -2.34. The first-order valence-corrected chi connectivity index (χ1v) is 7.70. The molecule has 4 unspecified atom stereocenters. The van der Waals surface area contributed by atoms with Gasteiger partial charge in [0, 0.05) is 9.75 Å². The zero-order valence-electron chi connectivity index (χ0n) is 11.1. The van der Waals surface area contributed by atoms with E-state index in [-0.39, 0.29) is 6.10 Å². The van der Waals surface area contributed by atoms with Crippen molar-refractivity contribution < 1.29 is 5.11 Å². The molecular formula is C15H24OS. The maximum absolute atomic E-state index is 10.5. The number of rotatable bonds is 3. The summed E-state index contributed by atoms with van der Waals surface area (Å²) in [6.45, 7) is 6.84. The molecule has 1 fully saturated rings. The Morgan fingerprint density at radius 3 is 2.65 bits per heavy atom. The lowest BCUT2D eigenvalue weighted by Crippen LogP contribution is -2.24. The van der Waals surface area contributed by atoms with Crippen molar-refractivity contribution in [2.75, 3.05) is 0 Å². The SMILES string of the molecule is CCc1ccc(C(O)C2CCC(C)C(C)C2)s1. The average Bonchev–Trinajstić information content (AvgIpc) is 2.80. The first-order valence-electron chi connectivity index (χ1n) is 6.88. The van der Waals surface area contributed by atoms with Crippen LogP contribution in [0.4, 0.5) is 0 Å². The fourth-order valence-corrected chi connectivity index (χ4v) is 3.88. The summed E-state index contributed by atoms with van der Waals surface area (Å²) in [6, 6.07) is 4.29. The summed E-state index contributed by atoms with van der Waals surface area (Å²) in [7, 11) is 0. The van der Waals surface area contributed by atoms with E-state index in [0.29, 0.717) is 5.92 Å². The molecule has 17 heavy (non-hydrogen) atoms. The van der Waals surface area contributed by atoms with Crippen molar-refractivity contribution >= 4 is 11.3 Å². The first-order chi connectivity index (χ1) is 8.11. The number of hydrogen-bond acceptors (Lipinski definition) is 2. The lowest BCUT2D eigenvalue weighted by atomic mass is 9.74. The molecule has 1 N–H and O–H groups in total. The smallest absolute Gasteiger partial charge is 0.0910 e. The molecule has 4 atom stereocenters. The van der Waals surface area contributed by atoms with Gasteiger partial charge in [-0.15, -0.1) is 11.3 Å². The number of thiophene rings is 1. The third kappa shape index (κ3) is 2.92. The molecule has 2 rings (SSSR count). The van der Waals surface area contributed by atoms with E-state index in [0.717, 1.165) is 18.3 Å². The van der Waals surface area contributed by atoms with Gasteiger partial charge in [0.15, 0.2) is 0 Å². The minimum Gasteiger partial charge on any atom is -0.387 e. The first kappa shape index (κ1) is 13.1. The predicted molar refractivity (Wildman–Crippen MR) is 74.3 cm³/mol. The molecule has 0 radical (unpaired) electrons. The molecule has 1 aromatic heterocycles. The van der Waals surface area contributed by atoms with Crippen LogP contribution in [0.25, 0.3) is 0 Å².